The van der Waals surface area contributed by atoms with Crippen molar-refractivity contribution in [2.24, 2.45) is 5.73 Å². The largest absolute Gasteiger partial charge is 0.381 e. The summed E-state index contributed by atoms with van der Waals surface area (Å²) in [6, 6.07) is 0. The molecule has 0 unspecified atom stereocenters. The van der Waals surface area contributed by atoms with Crippen molar-refractivity contribution in [3.05, 3.63) is 11.7 Å². The number of aromatic nitrogens is 2. The van der Waals surface area contributed by atoms with E-state index in [1.165, 1.54) is 0 Å². The molecule has 0 aromatic carbocycles. The monoisotopic (exact) mass is 233 g/mol. The number of nitrogens with zero attached hydrogens (tertiary/aromatic N) is 2. The van der Waals surface area contributed by atoms with Crippen LogP contribution in [0.25, 0.3) is 0 Å². The van der Waals surface area contributed by atoms with Gasteiger partial charge in [-0.3, -0.25) is 0 Å². The predicted octanol–water partition coefficient (Wildman–Crippen LogP) is 0.887. The normalized spacial score (nSPS) is 17.4. The van der Waals surface area contributed by atoms with Gasteiger partial charge in [0.05, 0.1) is 0 Å². The Kier molecular flexibility index (Phi) is 5.01. The molecule has 2 heterocycles. The molecule has 0 amide bonds. The second-order valence-electron chi connectivity index (χ2n) is 3.47. The zero-order chi connectivity index (χ0) is 9.80. The topological polar surface area (TPSA) is 74.2 Å². The third kappa shape index (κ3) is 3.15. The van der Waals surface area contributed by atoms with Crippen LogP contribution in [-0.4, -0.2) is 29.9 Å². The van der Waals surface area contributed by atoms with Crippen molar-refractivity contribution >= 4 is 12.4 Å². The van der Waals surface area contributed by atoms with Crippen LogP contribution in [0.3, 0.4) is 0 Å². The zero-order valence-corrected chi connectivity index (χ0v) is 9.33. The maximum atomic E-state index is 5.40. The second-order valence-corrected chi connectivity index (χ2v) is 3.47. The van der Waals surface area contributed by atoms with Gasteiger partial charge in [-0.05, 0) is 12.8 Å². The molecule has 1 aliphatic heterocycles. The zero-order valence-electron chi connectivity index (χ0n) is 8.52. The lowest BCUT2D eigenvalue weighted by Crippen LogP contribution is -2.15. The average Bonchev–Trinajstić information content (AvgIpc) is 2.68. The number of rotatable bonds is 3. The molecule has 2 rings (SSSR count). The molecule has 0 radical (unpaired) electrons. The first kappa shape index (κ1) is 12.4. The summed E-state index contributed by atoms with van der Waals surface area (Å²) >= 11 is 0. The van der Waals surface area contributed by atoms with Gasteiger partial charge >= 0.3 is 0 Å². The quantitative estimate of drug-likeness (QED) is 0.839. The smallest absolute Gasteiger partial charge is 0.227 e. The third-order valence-corrected chi connectivity index (χ3v) is 2.43. The third-order valence-electron chi connectivity index (χ3n) is 2.43. The first-order valence-electron chi connectivity index (χ1n) is 5.00. The van der Waals surface area contributed by atoms with Gasteiger partial charge < -0.3 is 15.0 Å². The van der Waals surface area contributed by atoms with E-state index in [2.05, 4.69) is 10.1 Å². The Morgan fingerprint density at radius 3 is 2.73 bits per heavy atom. The first-order valence-corrected chi connectivity index (χ1v) is 5.00. The van der Waals surface area contributed by atoms with Crippen molar-refractivity contribution in [2.75, 3.05) is 19.8 Å². The van der Waals surface area contributed by atoms with Crippen LogP contribution in [0, 0.1) is 0 Å². The van der Waals surface area contributed by atoms with Crippen molar-refractivity contribution in [1.82, 2.24) is 10.1 Å². The van der Waals surface area contributed by atoms with Gasteiger partial charge in [0, 0.05) is 32.1 Å². The van der Waals surface area contributed by atoms with E-state index >= 15 is 0 Å². The summed E-state index contributed by atoms with van der Waals surface area (Å²) in [7, 11) is 0. The van der Waals surface area contributed by atoms with Gasteiger partial charge in [0.15, 0.2) is 5.82 Å². The van der Waals surface area contributed by atoms with E-state index < -0.39 is 0 Å². The summed E-state index contributed by atoms with van der Waals surface area (Å²) in [5.41, 5.74) is 5.40. The van der Waals surface area contributed by atoms with E-state index in [1.807, 2.05) is 0 Å². The molecule has 1 aromatic heterocycles. The summed E-state index contributed by atoms with van der Waals surface area (Å²) in [5, 5.41) is 3.96. The lowest BCUT2D eigenvalue weighted by atomic mass is 10.00. The fourth-order valence-corrected chi connectivity index (χ4v) is 1.61. The molecule has 0 spiro atoms. The highest BCUT2D eigenvalue weighted by Gasteiger charge is 2.20. The Balaban J connectivity index is 0.00000112. The summed E-state index contributed by atoms with van der Waals surface area (Å²) in [5.74, 6) is 1.87. The molecular weight excluding hydrogens is 218 g/mol. The van der Waals surface area contributed by atoms with E-state index in [1.54, 1.807) is 0 Å². The Morgan fingerprint density at radius 2 is 2.07 bits per heavy atom. The van der Waals surface area contributed by atoms with Crippen molar-refractivity contribution in [3.8, 4) is 0 Å². The fourth-order valence-electron chi connectivity index (χ4n) is 1.61. The molecule has 86 valence electrons. The molecular formula is C9H16ClN3O2. The van der Waals surface area contributed by atoms with E-state index in [4.69, 9.17) is 15.0 Å². The molecule has 6 heteroatoms. The van der Waals surface area contributed by atoms with Crippen molar-refractivity contribution in [1.29, 1.82) is 0 Å². The second kappa shape index (κ2) is 6.05. The molecule has 1 saturated heterocycles. The van der Waals surface area contributed by atoms with Crippen LogP contribution in [0.15, 0.2) is 4.52 Å². The van der Waals surface area contributed by atoms with Crippen LogP contribution in [0.1, 0.15) is 30.5 Å². The van der Waals surface area contributed by atoms with E-state index in [9.17, 15) is 0 Å². The highest BCUT2D eigenvalue weighted by Crippen LogP contribution is 2.24. The molecule has 2 N–H and O–H groups in total. The van der Waals surface area contributed by atoms with Crippen LogP contribution in [-0.2, 0) is 11.2 Å². The van der Waals surface area contributed by atoms with Gasteiger partial charge in [-0.2, -0.15) is 4.98 Å². The first-order chi connectivity index (χ1) is 6.90. The van der Waals surface area contributed by atoms with Crippen LogP contribution in [0.5, 0.6) is 0 Å². The minimum Gasteiger partial charge on any atom is -0.381 e. The molecule has 15 heavy (non-hydrogen) atoms. The number of ether oxygens (including phenoxy) is 1. The summed E-state index contributed by atoms with van der Waals surface area (Å²) in [4.78, 5) is 4.31. The molecule has 0 atom stereocenters. The molecule has 0 aliphatic carbocycles. The van der Waals surface area contributed by atoms with Crippen LogP contribution in [0.2, 0.25) is 0 Å². The van der Waals surface area contributed by atoms with Gasteiger partial charge in [0.2, 0.25) is 5.89 Å². The predicted molar refractivity (Wildman–Crippen MR) is 57.1 cm³/mol. The van der Waals surface area contributed by atoms with Gasteiger partial charge in [-0.25, -0.2) is 0 Å². The Bertz CT molecular complexity index is 287. The minimum atomic E-state index is 0. The van der Waals surface area contributed by atoms with Crippen LogP contribution in [0.4, 0.5) is 0 Å². The molecule has 1 fully saturated rings. The van der Waals surface area contributed by atoms with E-state index in [-0.39, 0.29) is 12.4 Å². The Labute approximate surface area is 94.8 Å². The molecule has 0 saturated carbocycles. The summed E-state index contributed by atoms with van der Waals surface area (Å²) in [6.45, 7) is 2.15. The molecule has 5 nitrogen and oxygen atoms in total. The fraction of sp³-hybridized carbons (Fsp3) is 0.778. The maximum Gasteiger partial charge on any atom is 0.227 e. The highest BCUT2D eigenvalue weighted by atomic mass is 35.5. The van der Waals surface area contributed by atoms with E-state index in [0.717, 1.165) is 31.9 Å². The lowest BCUT2D eigenvalue weighted by Gasteiger charge is -2.18. The molecule has 1 aliphatic rings. The average molecular weight is 234 g/mol. The Morgan fingerprint density at radius 1 is 1.33 bits per heavy atom. The number of halogens is 1. The van der Waals surface area contributed by atoms with Crippen molar-refractivity contribution < 1.29 is 9.26 Å². The van der Waals surface area contributed by atoms with Gasteiger partial charge in [-0.1, -0.05) is 5.16 Å². The standard InChI is InChI=1S/C9H15N3O2.ClH/c10-4-1-8-11-9(12-14-8)7-2-5-13-6-3-7;/h7H,1-6,10H2;1H. The SMILES string of the molecule is Cl.NCCc1nc(C2CCOCC2)no1. The van der Waals surface area contributed by atoms with Gasteiger partial charge in [-0.15, -0.1) is 12.4 Å². The molecule has 0 bridgehead atoms. The number of hydrogen-bond donors (Lipinski definition) is 1. The van der Waals surface area contributed by atoms with Crippen LogP contribution >= 0.6 is 12.4 Å². The minimum absolute atomic E-state index is 0. The summed E-state index contributed by atoms with van der Waals surface area (Å²) in [6.07, 6.45) is 2.64. The summed E-state index contributed by atoms with van der Waals surface area (Å²) < 4.78 is 10.3. The number of hydrogen-bond acceptors (Lipinski definition) is 5. The molecule has 1 aromatic rings. The van der Waals surface area contributed by atoms with Crippen molar-refractivity contribution in [3.63, 3.8) is 0 Å². The van der Waals surface area contributed by atoms with Gasteiger partial charge in [0.25, 0.3) is 0 Å². The maximum absolute atomic E-state index is 5.40. The van der Waals surface area contributed by atoms with E-state index in [0.29, 0.717) is 24.8 Å². The van der Waals surface area contributed by atoms with Crippen molar-refractivity contribution in [2.45, 2.75) is 25.2 Å². The van der Waals surface area contributed by atoms with Crippen LogP contribution < -0.4 is 5.73 Å². The van der Waals surface area contributed by atoms with Gasteiger partial charge in [0.1, 0.15) is 0 Å². The number of nitrogens with two attached hydrogens (primary N) is 1. The lowest BCUT2D eigenvalue weighted by molar-refractivity contribution is 0.0830. The Hall–Kier alpha value is -0.650. The highest BCUT2D eigenvalue weighted by molar-refractivity contribution is 5.85.